The van der Waals surface area contributed by atoms with Crippen molar-refractivity contribution in [2.24, 2.45) is 0 Å². The van der Waals surface area contributed by atoms with E-state index in [0.29, 0.717) is 11.5 Å². The van der Waals surface area contributed by atoms with Crippen molar-refractivity contribution in [3.63, 3.8) is 0 Å². The SMILES string of the molecule is COc1cccc(P(O)(O)(Cl)c2cccc(OC)c2)c1. The molecule has 0 saturated carbocycles. The van der Waals surface area contributed by atoms with Crippen LogP contribution in [0, 0.1) is 0 Å². The molecule has 108 valence electrons. The quantitative estimate of drug-likeness (QED) is 0.849. The second-order valence-corrected chi connectivity index (χ2v) is 9.12. The van der Waals surface area contributed by atoms with Crippen molar-refractivity contribution in [2.45, 2.75) is 0 Å². The van der Waals surface area contributed by atoms with E-state index >= 15 is 0 Å². The van der Waals surface area contributed by atoms with Crippen LogP contribution in [0.25, 0.3) is 0 Å². The standard InChI is InChI=1S/C14H16ClO4P/c1-18-11-5-3-7-13(9-11)20(15,16,17)14-8-4-6-12(10-14)19-2/h3-10,16-17H,1-2H3. The molecule has 0 fully saturated rings. The number of ether oxygens (including phenoxy) is 2. The van der Waals surface area contributed by atoms with Crippen molar-refractivity contribution in [3.8, 4) is 11.5 Å². The van der Waals surface area contributed by atoms with Crippen molar-refractivity contribution in [1.82, 2.24) is 0 Å². The average molecular weight is 315 g/mol. The molecule has 20 heavy (non-hydrogen) atoms. The Kier molecular flexibility index (Phi) is 3.94. The Morgan fingerprint density at radius 3 is 1.60 bits per heavy atom. The third-order valence-corrected chi connectivity index (χ3v) is 6.58. The van der Waals surface area contributed by atoms with E-state index in [1.807, 2.05) is 0 Å². The van der Waals surface area contributed by atoms with Gasteiger partial charge < -0.3 is 0 Å². The van der Waals surface area contributed by atoms with Crippen molar-refractivity contribution in [2.75, 3.05) is 14.2 Å². The van der Waals surface area contributed by atoms with Crippen molar-refractivity contribution in [3.05, 3.63) is 48.5 Å². The fourth-order valence-corrected chi connectivity index (χ4v) is 4.20. The van der Waals surface area contributed by atoms with E-state index in [1.54, 1.807) is 36.4 Å². The Morgan fingerprint density at radius 2 is 1.25 bits per heavy atom. The molecule has 0 saturated heterocycles. The molecule has 0 bridgehead atoms. The summed E-state index contributed by atoms with van der Waals surface area (Å²) in [5.74, 6) is 1.01. The van der Waals surface area contributed by atoms with Gasteiger partial charge >= 0.3 is 122 Å². The van der Waals surface area contributed by atoms with Gasteiger partial charge in [-0.25, -0.2) is 0 Å². The molecule has 0 aliphatic carbocycles. The van der Waals surface area contributed by atoms with Crippen LogP contribution in [0.3, 0.4) is 0 Å². The van der Waals surface area contributed by atoms with E-state index in [9.17, 15) is 9.79 Å². The van der Waals surface area contributed by atoms with Crippen molar-refractivity contribution in [1.29, 1.82) is 0 Å². The van der Waals surface area contributed by atoms with Gasteiger partial charge in [-0.15, -0.1) is 0 Å². The van der Waals surface area contributed by atoms with Crippen LogP contribution in [0.15, 0.2) is 48.5 Å². The van der Waals surface area contributed by atoms with Gasteiger partial charge in [0.25, 0.3) is 0 Å². The molecule has 2 aromatic carbocycles. The summed E-state index contributed by atoms with van der Waals surface area (Å²) in [7, 11) is 3.01. The fourth-order valence-electron chi connectivity index (χ4n) is 1.86. The van der Waals surface area contributed by atoms with Gasteiger partial charge in [-0.1, -0.05) is 0 Å². The first-order valence-corrected chi connectivity index (χ1v) is 8.93. The molecule has 4 nitrogen and oxygen atoms in total. The summed E-state index contributed by atoms with van der Waals surface area (Å²) >= 11 is 6.23. The predicted octanol–water partition coefficient (Wildman–Crippen LogP) is 2.18. The second kappa shape index (κ2) is 5.23. The first kappa shape index (κ1) is 15.1. The predicted molar refractivity (Wildman–Crippen MR) is 82.5 cm³/mol. The molecular formula is C14H16ClO4P. The Bertz CT molecular complexity index is 570. The van der Waals surface area contributed by atoms with Gasteiger partial charge in [-0.05, 0) is 0 Å². The molecule has 0 radical (unpaired) electrons. The molecule has 0 unspecified atom stereocenters. The number of benzene rings is 2. The van der Waals surface area contributed by atoms with Gasteiger partial charge in [0.05, 0.1) is 0 Å². The summed E-state index contributed by atoms with van der Waals surface area (Å²) in [5, 5.41) is 0.426. The maximum absolute atomic E-state index is 10.7. The third kappa shape index (κ3) is 2.74. The minimum absolute atomic E-state index is 0.213. The van der Waals surface area contributed by atoms with E-state index < -0.39 is 6.41 Å². The van der Waals surface area contributed by atoms with Gasteiger partial charge in [0.2, 0.25) is 0 Å². The second-order valence-electron chi connectivity index (χ2n) is 4.32. The summed E-state index contributed by atoms with van der Waals surface area (Å²) in [4.78, 5) is 21.4. The molecule has 0 atom stereocenters. The van der Waals surface area contributed by atoms with Crippen LogP contribution in [0.5, 0.6) is 11.5 Å². The molecule has 2 rings (SSSR count). The Balaban J connectivity index is 2.58. The van der Waals surface area contributed by atoms with Gasteiger partial charge in [-0.3, -0.25) is 0 Å². The average Bonchev–Trinajstić information content (AvgIpc) is 2.47. The zero-order valence-corrected chi connectivity index (χ0v) is 12.8. The Morgan fingerprint density at radius 1 is 0.850 bits per heavy atom. The van der Waals surface area contributed by atoms with Crippen molar-refractivity contribution < 1.29 is 19.3 Å². The third-order valence-electron chi connectivity index (χ3n) is 3.02. The molecule has 2 N–H and O–H groups in total. The van der Waals surface area contributed by atoms with Crippen LogP contribution >= 0.6 is 17.7 Å². The zero-order chi connectivity index (χ0) is 14.8. The van der Waals surface area contributed by atoms with Gasteiger partial charge in [-0.2, -0.15) is 0 Å². The molecular weight excluding hydrogens is 299 g/mol. The monoisotopic (exact) mass is 314 g/mol. The molecule has 0 aromatic heterocycles. The van der Waals surface area contributed by atoms with Crippen LogP contribution in [-0.2, 0) is 0 Å². The molecule has 2 aromatic rings. The van der Waals surface area contributed by atoms with Crippen LogP contribution in [0.1, 0.15) is 0 Å². The molecule has 0 aliphatic rings. The molecule has 6 heteroatoms. The van der Waals surface area contributed by atoms with E-state index in [1.165, 1.54) is 26.4 Å². The van der Waals surface area contributed by atoms with Gasteiger partial charge in [0.1, 0.15) is 0 Å². The van der Waals surface area contributed by atoms with E-state index in [2.05, 4.69) is 0 Å². The molecule has 0 amide bonds. The summed E-state index contributed by atoms with van der Waals surface area (Å²) in [6.07, 6.45) is -4.72. The van der Waals surface area contributed by atoms with E-state index in [-0.39, 0.29) is 10.6 Å². The first-order chi connectivity index (χ1) is 9.35. The zero-order valence-electron chi connectivity index (χ0n) is 11.2. The number of hydrogen-bond acceptors (Lipinski definition) is 4. The minimum atomic E-state index is -4.72. The molecule has 0 spiro atoms. The summed E-state index contributed by atoms with van der Waals surface area (Å²) in [6.45, 7) is 0. The number of methoxy groups -OCH3 is 2. The Hall–Kier alpha value is -1.32. The Labute approximate surface area is 122 Å². The van der Waals surface area contributed by atoms with Gasteiger partial charge in [0.15, 0.2) is 0 Å². The number of hydrogen-bond donors (Lipinski definition) is 2. The summed E-state index contributed by atoms with van der Waals surface area (Å²) in [6, 6.07) is 12.9. The first-order valence-electron chi connectivity index (χ1n) is 5.88. The number of halogens is 1. The summed E-state index contributed by atoms with van der Waals surface area (Å²) < 4.78 is 10.2. The normalized spacial score (nSPS) is 13.3. The van der Waals surface area contributed by atoms with E-state index in [4.69, 9.17) is 20.7 Å². The van der Waals surface area contributed by atoms with Gasteiger partial charge in [0, 0.05) is 0 Å². The topological polar surface area (TPSA) is 58.9 Å². The molecule has 0 aliphatic heterocycles. The number of rotatable bonds is 4. The van der Waals surface area contributed by atoms with Crippen LogP contribution in [0.2, 0.25) is 0 Å². The van der Waals surface area contributed by atoms with Crippen LogP contribution < -0.4 is 20.1 Å². The molecule has 0 heterocycles. The van der Waals surface area contributed by atoms with Crippen LogP contribution in [0.4, 0.5) is 0 Å². The maximum atomic E-state index is 10.7. The van der Waals surface area contributed by atoms with Crippen LogP contribution in [-0.4, -0.2) is 24.0 Å². The summed E-state index contributed by atoms with van der Waals surface area (Å²) in [5.41, 5.74) is 0. The van der Waals surface area contributed by atoms with Crippen molar-refractivity contribution >= 4 is 28.3 Å². The fraction of sp³-hybridized carbons (Fsp3) is 0.143. The van der Waals surface area contributed by atoms with E-state index in [0.717, 1.165) is 0 Å².